The van der Waals surface area contributed by atoms with Gasteiger partial charge in [-0.15, -0.1) is 21.5 Å². The Labute approximate surface area is 106 Å². The van der Waals surface area contributed by atoms with E-state index in [0.29, 0.717) is 5.13 Å². The van der Waals surface area contributed by atoms with E-state index in [4.69, 9.17) is 5.73 Å². The van der Waals surface area contributed by atoms with Gasteiger partial charge in [-0.2, -0.15) is 0 Å². The molecule has 2 heterocycles. The largest absolute Gasteiger partial charge is 0.374 e. The Morgan fingerprint density at radius 2 is 2.18 bits per heavy atom. The molecule has 0 atom stereocenters. The van der Waals surface area contributed by atoms with Gasteiger partial charge in [0.1, 0.15) is 0 Å². The first kappa shape index (κ1) is 11.9. The average Bonchev–Trinajstić information content (AvgIpc) is 2.85. The van der Waals surface area contributed by atoms with E-state index in [0.717, 1.165) is 28.3 Å². The van der Waals surface area contributed by atoms with Crippen LogP contribution in [0.2, 0.25) is 0 Å². The van der Waals surface area contributed by atoms with Crippen molar-refractivity contribution in [3.8, 4) is 0 Å². The van der Waals surface area contributed by atoms with Crippen LogP contribution >= 0.6 is 22.7 Å². The molecule has 8 heteroatoms. The first-order valence-electron chi connectivity index (χ1n) is 4.96. The van der Waals surface area contributed by atoms with E-state index < -0.39 is 0 Å². The molecule has 0 saturated heterocycles. The Morgan fingerprint density at radius 1 is 1.41 bits per heavy atom. The summed E-state index contributed by atoms with van der Waals surface area (Å²) in [6.07, 6.45) is 0.851. The second-order valence-electron chi connectivity index (χ2n) is 3.28. The summed E-state index contributed by atoms with van der Waals surface area (Å²) >= 11 is 2.50. The topological polar surface area (TPSA) is 93.8 Å². The molecular formula is C9H11N5OS2. The summed E-state index contributed by atoms with van der Waals surface area (Å²) in [5.41, 5.74) is 6.41. The van der Waals surface area contributed by atoms with Gasteiger partial charge in [0, 0.05) is 4.88 Å². The standard InChI is InChI=1S/C9H11N5OS2/c1-3-5-4(2)16-9(11-5)12-6(15)7-13-14-8(10)17-7/h3H2,1-2H3,(H2,10,14)(H,11,12,15). The smallest absolute Gasteiger partial charge is 0.288 e. The molecule has 2 aromatic heterocycles. The third kappa shape index (κ3) is 2.59. The maximum absolute atomic E-state index is 11.7. The molecule has 2 aromatic rings. The minimum absolute atomic E-state index is 0.244. The van der Waals surface area contributed by atoms with Crippen molar-refractivity contribution in [2.75, 3.05) is 11.1 Å². The van der Waals surface area contributed by atoms with Crippen LogP contribution in [0.3, 0.4) is 0 Å². The van der Waals surface area contributed by atoms with Gasteiger partial charge >= 0.3 is 0 Å². The van der Waals surface area contributed by atoms with Crippen molar-refractivity contribution in [2.45, 2.75) is 20.3 Å². The molecule has 0 radical (unpaired) electrons. The van der Waals surface area contributed by atoms with Crippen LogP contribution in [0.1, 0.15) is 27.3 Å². The van der Waals surface area contributed by atoms with E-state index in [1.54, 1.807) is 0 Å². The third-order valence-electron chi connectivity index (χ3n) is 2.08. The number of amides is 1. The molecule has 3 N–H and O–H groups in total. The van der Waals surface area contributed by atoms with Gasteiger partial charge in [0.2, 0.25) is 10.1 Å². The predicted octanol–water partition coefficient (Wildman–Crippen LogP) is 1.70. The van der Waals surface area contributed by atoms with E-state index in [1.165, 1.54) is 11.3 Å². The Bertz CT molecular complexity index is 547. The van der Waals surface area contributed by atoms with Gasteiger partial charge in [0.15, 0.2) is 5.13 Å². The van der Waals surface area contributed by atoms with Crippen LogP contribution in [-0.4, -0.2) is 21.1 Å². The Balaban J connectivity index is 2.12. The maximum Gasteiger partial charge on any atom is 0.288 e. The van der Waals surface area contributed by atoms with Crippen LogP contribution in [0.4, 0.5) is 10.3 Å². The molecule has 6 nitrogen and oxygen atoms in total. The average molecular weight is 269 g/mol. The van der Waals surface area contributed by atoms with Gasteiger partial charge in [-0.1, -0.05) is 18.3 Å². The van der Waals surface area contributed by atoms with E-state index >= 15 is 0 Å². The number of nitrogens with zero attached hydrogens (tertiary/aromatic N) is 3. The zero-order chi connectivity index (χ0) is 12.4. The second-order valence-corrected chi connectivity index (χ2v) is 5.49. The van der Waals surface area contributed by atoms with E-state index in [9.17, 15) is 4.79 Å². The van der Waals surface area contributed by atoms with Crippen LogP contribution < -0.4 is 11.1 Å². The summed E-state index contributed by atoms with van der Waals surface area (Å²) in [5.74, 6) is -0.324. The van der Waals surface area contributed by atoms with Crippen LogP contribution in [0.25, 0.3) is 0 Å². The molecule has 0 aliphatic carbocycles. The fraction of sp³-hybridized carbons (Fsp3) is 0.333. The maximum atomic E-state index is 11.7. The SMILES string of the molecule is CCc1nc(NC(=O)c2nnc(N)s2)sc1C. The normalized spacial score (nSPS) is 10.5. The first-order chi connectivity index (χ1) is 8.10. The van der Waals surface area contributed by atoms with E-state index in [1.807, 2.05) is 13.8 Å². The zero-order valence-electron chi connectivity index (χ0n) is 9.35. The number of nitrogen functional groups attached to an aromatic ring is 1. The molecule has 17 heavy (non-hydrogen) atoms. The molecule has 0 aliphatic heterocycles. The molecule has 0 saturated carbocycles. The summed E-state index contributed by atoms with van der Waals surface area (Å²) in [6, 6.07) is 0. The van der Waals surface area contributed by atoms with Crippen molar-refractivity contribution in [3.05, 3.63) is 15.6 Å². The van der Waals surface area contributed by atoms with Gasteiger partial charge in [-0.3, -0.25) is 10.1 Å². The van der Waals surface area contributed by atoms with E-state index in [2.05, 4.69) is 20.5 Å². The lowest BCUT2D eigenvalue weighted by molar-refractivity contribution is 0.102. The molecule has 1 amide bonds. The fourth-order valence-electron chi connectivity index (χ4n) is 1.29. The lowest BCUT2D eigenvalue weighted by Crippen LogP contribution is -2.11. The van der Waals surface area contributed by atoms with Gasteiger partial charge in [-0.25, -0.2) is 4.98 Å². The van der Waals surface area contributed by atoms with Crippen molar-refractivity contribution < 1.29 is 4.79 Å². The number of aromatic nitrogens is 3. The summed E-state index contributed by atoms with van der Waals surface area (Å²) in [4.78, 5) is 17.2. The zero-order valence-corrected chi connectivity index (χ0v) is 11.0. The summed E-state index contributed by atoms with van der Waals surface area (Å²) in [5, 5.41) is 11.0. The Morgan fingerprint density at radius 3 is 2.71 bits per heavy atom. The third-order valence-corrected chi connectivity index (χ3v) is 3.76. The highest BCUT2D eigenvalue weighted by atomic mass is 32.1. The molecular weight excluding hydrogens is 258 g/mol. The number of nitrogens with one attached hydrogen (secondary N) is 1. The van der Waals surface area contributed by atoms with Crippen molar-refractivity contribution >= 4 is 38.8 Å². The number of hydrogen-bond donors (Lipinski definition) is 2. The first-order valence-corrected chi connectivity index (χ1v) is 6.60. The van der Waals surface area contributed by atoms with Crippen LogP contribution in [0, 0.1) is 6.92 Å². The quantitative estimate of drug-likeness (QED) is 0.884. The lowest BCUT2D eigenvalue weighted by Gasteiger charge is -1.95. The monoisotopic (exact) mass is 269 g/mol. The molecule has 0 fully saturated rings. The van der Waals surface area contributed by atoms with Crippen molar-refractivity contribution in [1.29, 1.82) is 0 Å². The number of carbonyl (C=O) groups is 1. The number of anilines is 2. The van der Waals surface area contributed by atoms with Gasteiger partial charge in [0.05, 0.1) is 5.69 Å². The summed E-state index contributed by atoms with van der Waals surface area (Å²) < 4.78 is 0. The highest BCUT2D eigenvalue weighted by Gasteiger charge is 2.14. The van der Waals surface area contributed by atoms with Crippen molar-refractivity contribution in [2.24, 2.45) is 0 Å². The summed E-state index contributed by atoms with van der Waals surface area (Å²) in [7, 11) is 0. The number of hydrogen-bond acceptors (Lipinski definition) is 7. The predicted molar refractivity (Wildman–Crippen MR) is 68.5 cm³/mol. The molecule has 90 valence electrons. The number of thiazole rings is 1. The lowest BCUT2D eigenvalue weighted by atomic mass is 10.3. The highest BCUT2D eigenvalue weighted by molar-refractivity contribution is 7.17. The van der Waals surface area contributed by atoms with Crippen LogP contribution in [0.5, 0.6) is 0 Å². The Kier molecular flexibility index (Phi) is 3.34. The molecule has 0 aliphatic rings. The summed E-state index contributed by atoms with van der Waals surface area (Å²) in [6.45, 7) is 4.01. The molecule has 0 unspecified atom stereocenters. The highest BCUT2D eigenvalue weighted by Crippen LogP contribution is 2.23. The minimum Gasteiger partial charge on any atom is -0.374 e. The molecule has 0 aromatic carbocycles. The molecule has 0 spiro atoms. The second kappa shape index (κ2) is 4.76. The van der Waals surface area contributed by atoms with Gasteiger partial charge < -0.3 is 5.73 Å². The van der Waals surface area contributed by atoms with Gasteiger partial charge in [0.25, 0.3) is 5.91 Å². The fourth-order valence-corrected chi connectivity index (χ4v) is 2.69. The number of rotatable bonds is 3. The molecule has 0 bridgehead atoms. The number of nitrogens with two attached hydrogens (primary N) is 1. The number of aryl methyl sites for hydroxylation is 2. The molecule has 2 rings (SSSR count). The minimum atomic E-state index is -0.324. The van der Waals surface area contributed by atoms with E-state index in [-0.39, 0.29) is 16.0 Å². The van der Waals surface area contributed by atoms with Gasteiger partial charge in [-0.05, 0) is 13.3 Å². The van der Waals surface area contributed by atoms with Crippen LogP contribution in [0.15, 0.2) is 0 Å². The Hall–Kier alpha value is -1.54. The van der Waals surface area contributed by atoms with Crippen molar-refractivity contribution in [3.63, 3.8) is 0 Å². The van der Waals surface area contributed by atoms with Crippen LogP contribution in [-0.2, 0) is 6.42 Å². The van der Waals surface area contributed by atoms with Crippen molar-refractivity contribution in [1.82, 2.24) is 15.2 Å². The number of carbonyl (C=O) groups excluding carboxylic acids is 1.